The number of nitrogens with zero attached hydrogens (tertiary/aromatic N) is 5. The number of rotatable bonds is 6. The third-order valence-corrected chi connectivity index (χ3v) is 5.21. The highest BCUT2D eigenvalue weighted by Gasteiger charge is 2.15. The van der Waals surface area contributed by atoms with Crippen LogP contribution in [0.4, 0.5) is 21.8 Å². The predicted octanol–water partition coefficient (Wildman–Crippen LogP) is 4.24. The van der Waals surface area contributed by atoms with Crippen molar-refractivity contribution in [2.45, 2.75) is 32.2 Å². The minimum atomic E-state index is -0.471. The van der Waals surface area contributed by atoms with Gasteiger partial charge in [0.1, 0.15) is 23.2 Å². The van der Waals surface area contributed by atoms with Crippen molar-refractivity contribution in [1.82, 2.24) is 24.8 Å². The summed E-state index contributed by atoms with van der Waals surface area (Å²) in [5.41, 5.74) is 1.81. The number of likely N-dealkylation sites (tertiary alicyclic amines) is 1. The van der Waals surface area contributed by atoms with Crippen LogP contribution in [-0.2, 0) is 0 Å². The van der Waals surface area contributed by atoms with Gasteiger partial charge in [-0.1, -0.05) is 18.0 Å². The monoisotopic (exact) mass is 415 g/mol. The molecular weight excluding hydrogens is 393 g/mol. The second kappa shape index (κ2) is 8.84. The Morgan fingerprint density at radius 3 is 2.79 bits per heavy atom. The molecule has 7 nitrogen and oxygen atoms in total. The normalized spacial score (nSPS) is 16.0. The topological polar surface area (TPSA) is 78.9 Å². The minimum absolute atomic E-state index is 0.0388. The van der Waals surface area contributed by atoms with Gasteiger partial charge in [-0.3, -0.25) is 0 Å². The van der Waals surface area contributed by atoms with Gasteiger partial charge in [0.2, 0.25) is 5.95 Å². The summed E-state index contributed by atoms with van der Waals surface area (Å²) in [6, 6.07) is 4.61. The van der Waals surface area contributed by atoms with Crippen LogP contribution in [0.1, 0.15) is 26.2 Å². The van der Waals surface area contributed by atoms with Crippen LogP contribution in [0.25, 0.3) is 11.0 Å². The lowest BCUT2D eigenvalue weighted by atomic mass is 10.1. The highest BCUT2D eigenvalue weighted by Crippen LogP contribution is 2.25. The van der Waals surface area contributed by atoms with E-state index < -0.39 is 5.82 Å². The molecule has 0 radical (unpaired) electrons. The first-order chi connectivity index (χ1) is 14.1. The Morgan fingerprint density at radius 1 is 1.17 bits per heavy atom. The zero-order valence-electron chi connectivity index (χ0n) is 16.2. The van der Waals surface area contributed by atoms with E-state index in [4.69, 9.17) is 11.6 Å². The molecule has 1 fully saturated rings. The molecule has 1 unspecified atom stereocenters. The van der Waals surface area contributed by atoms with E-state index in [2.05, 4.69) is 42.4 Å². The molecule has 1 saturated heterocycles. The van der Waals surface area contributed by atoms with Crippen LogP contribution < -0.4 is 10.6 Å². The largest absolute Gasteiger partial charge is 0.350 e. The van der Waals surface area contributed by atoms with Crippen LogP contribution in [0.3, 0.4) is 0 Å². The van der Waals surface area contributed by atoms with E-state index >= 15 is 0 Å². The molecule has 3 aromatic rings. The van der Waals surface area contributed by atoms with E-state index in [0.29, 0.717) is 28.5 Å². The van der Waals surface area contributed by atoms with Crippen molar-refractivity contribution >= 4 is 40.1 Å². The number of nitrogens with one attached hydrogen (secondary N) is 2. The van der Waals surface area contributed by atoms with E-state index in [1.807, 2.05) is 0 Å². The molecule has 152 valence electrons. The van der Waals surface area contributed by atoms with Crippen molar-refractivity contribution in [2.75, 3.05) is 30.3 Å². The fourth-order valence-electron chi connectivity index (χ4n) is 3.52. The summed E-state index contributed by atoms with van der Waals surface area (Å²) < 4.78 is 13.4. The molecule has 29 heavy (non-hydrogen) atoms. The molecule has 1 aromatic carbocycles. The smallest absolute Gasteiger partial charge is 0.223 e. The first-order valence-corrected chi connectivity index (χ1v) is 10.1. The summed E-state index contributed by atoms with van der Waals surface area (Å²) >= 11 is 5.87. The summed E-state index contributed by atoms with van der Waals surface area (Å²) in [5.74, 6) is 0.560. The Labute approximate surface area is 173 Å². The van der Waals surface area contributed by atoms with Gasteiger partial charge in [-0.15, -0.1) is 0 Å². The molecule has 0 saturated carbocycles. The van der Waals surface area contributed by atoms with Gasteiger partial charge in [0, 0.05) is 18.3 Å². The van der Waals surface area contributed by atoms with Crippen molar-refractivity contribution in [3.8, 4) is 0 Å². The quantitative estimate of drug-likeness (QED) is 0.623. The molecule has 3 heterocycles. The summed E-state index contributed by atoms with van der Waals surface area (Å²) in [5, 5.41) is 6.54. The van der Waals surface area contributed by atoms with Gasteiger partial charge in [-0.25, -0.2) is 24.3 Å². The molecule has 0 spiro atoms. The standard InChI is InChI=1S/C20H23ClFN7/c1-13(11-29-7-3-2-4-8-29)26-20-23-10-17-18(28-20)19(25-12-24-17)27-14-5-6-16(22)15(21)9-14/h5-6,9-10,12-13H,2-4,7-8,11H2,1H3,(H,23,26,28)(H,24,25,27). The number of aromatic nitrogens is 4. The molecule has 1 aliphatic heterocycles. The predicted molar refractivity (Wildman–Crippen MR) is 113 cm³/mol. The number of benzene rings is 1. The zero-order valence-corrected chi connectivity index (χ0v) is 17.0. The van der Waals surface area contributed by atoms with E-state index in [9.17, 15) is 4.39 Å². The first-order valence-electron chi connectivity index (χ1n) is 9.77. The van der Waals surface area contributed by atoms with Gasteiger partial charge < -0.3 is 15.5 Å². The fourth-order valence-corrected chi connectivity index (χ4v) is 3.70. The average Bonchev–Trinajstić information content (AvgIpc) is 2.72. The molecule has 9 heteroatoms. The molecule has 0 amide bonds. The maximum atomic E-state index is 13.4. The maximum absolute atomic E-state index is 13.4. The van der Waals surface area contributed by atoms with Gasteiger partial charge in [0.25, 0.3) is 0 Å². The summed E-state index contributed by atoms with van der Waals surface area (Å²) in [6.45, 7) is 5.37. The molecular formula is C20H23ClFN7. The van der Waals surface area contributed by atoms with Crippen molar-refractivity contribution in [2.24, 2.45) is 0 Å². The van der Waals surface area contributed by atoms with Crippen molar-refractivity contribution < 1.29 is 4.39 Å². The number of fused-ring (bicyclic) bond motifs is 1. The van der Waals surface area contributed by atoms with Crippen LogP contribution >= 0.6 is 11.6 Å². The Bertz CT molecular complexity index is 994. The van der Waals surface area contributed by atoms with Gasteiger partial charge in [0.15, 0.2) is 5.82 Å². The molecule has 1 atom stereocenters. The highest BCUT2D eigenvalue weighted by molar-refractivity contribution is 6.31. The lowest BCUT2D eigenvalue weighted by Gasteiger charge is -2.29. The van der Waals surface area contributed by atoms with Crippen LogP contribution in [0.15, 0.2) is 30.7 Å². The summed E-state index contributed by atoms with van der Waals surface area (Å²) in [7, 11) is 0. The lowest BCUT2D eigenvalue weighted by Crippen LogP contribution is -2.38. The number of piperidine rings is 1. The van der Waals surface area contributed by atoms with Crippen LogP contribution in [0.2, 0.25) is 5.02 Å². The minimum Gasteiger partial charge on any atom is -0.350 e. The van der Waals surface area contributed by atoms with Gasteiger partial charge >= 0.3 is 0 Å². The second-order valence-corrected chi connectivity index (χ2v) is 7.72. The fraction of sp³-hybridized carbons (Fsp3) is 0.400. The number of hydrogen-bond acceptors (Lipinski definition) is 7. The van der Waals surface area contributed by atoms with Crippen molar-refractivity contribution in [1.29, 1.82) is 0 Å². The first kappa shape index (κ1) is 19.7. The van der Waals surface area contributed by atoms with Gasteiger partial charge in [-0.2, -0.15) is 0 Å². The third kappa shape index (κ3) is 4.89. The average molecular weight is 416 g/mol. The Morgan fingerprint density at radius 2 is 2.00 bits per heavy atom. The summed E-state index contributed by atoms with van der Waals surface area (Å²) in [4.78, 5) is 20.0. The van der Waals surface area contributed by atoms with E-state index in [0.717, 1.165) is 19.6 Å². The Kier molecular flexibility index (Phi) is 6.01. The Hall–Kier alpha value is -2.58. The van der Waals surface area contributed by atoms with E-state index in [1.165, 1.54) is 37.7 Å². The molecule has 0 aliphatic carbocycles. The van der Waals surface area contributed by atoms with Crippen LogP contribution in [0, 0.1) is 5.82 Å². The number of anilines is 3. The number of halogens is 2. The molecule has 2 aromatic heterocycles. The number of hydrogen-bond donors (Lipinski definition) is 2. The van der Waals surface area contributed by atoms with E-state index in [-0.39, 0.29) is 11.1 Å². The van der Waals surface area contributed by atoms with Crippen LogP contribution in [0.5, 0.6) is 0 Å². The lowest BCUT2D eigenvalue weighted by molar-refractivity contribution is 0.223. The second-order valence-electron chi connectivity index (χ2n) is 7.31. The van der Waals surface area contributed by atoms with Crippen molar-refractivity contribution in [3.63, 3.8) is 0 Å². The van der Waals surface area contributed by atoms with Crippen molar-refractivity contribution in [3.05, 3.63) is 41.6 Å². The Balaban J connectivity index is 1.52. The molecule has 4 rings (SSSR count). The van der Waals surface area contributed by atoms with Gasteiger partial charge in [0.05, 0.1) is 11.2 Å². The molecule has 0 bridgehead atoms. The molecule has 2 N–H and O–H groups in total. The van der Waals surface area contributed by atoms with Gasteiger partial charge in [-0.05, 0) is 51.1 Å². The summed E-state index contributed by atoms with van der Waals surface area (Å²) in [6.07, 6.45) is 6.95. The van der Waals surface area contributed by atoms with Crippen LogP contribution in [-0.4, -0.2) is 50.5 Å². The maximum Gasteiger partial charge on any atom is 0.223 e. The highest BCUT2D eigenvalue weighted by atomic mass is 35.5. The van der Waals surface area contributed by atoms with E-state index in [1.54, 1.807) is 12.3 Å². The molecule has 1 aliphatic rings. The third-order valence-electron chi connectivity index (χ3n) is 4.92. The zero-order chi connectivity index (χ0) is 20.2. The SMILES string of the molecule is CC(CN1CCCCC1)Nc1ncc2ncnc(Nc3ccc(F)c(Cl)c3)c2n1.